The highest BCUT2D eigenvalue weighted by atomic mass is 32.2. The third-order valence-electron chi connectivity index (χ3n) is 2.47. The zero-order valence-corrected chi connectivity index (χ0v) is 11.3. The van der Waals surface area contributed by atoms with Crippen molar-refractivity contribution in [3.63, 3.8) is 0 Å². The lowest BCUT2D eigenvalue weighted by Gasteiger charge is -2.08. The molecule has 0 radical (unpaired) electrons. The number of nitrogens with one attached hydrogen (secondary N) is 2. The molecule has 0 saturated carbocycles. The van der Waals surface area contributed by atoms with Crippen molar-refractivity contribution in [2.75, 3.05) is 13.6 Å². The summed E-state index contributed by atoms with van der Waals surface area (Å²) in [7, 11) is -1.90. The number of hydrogen-bond donors (Lipinski definition) is 2. The minimum absolute atomic E-state index is 0.306. The fourth-order valence-corrected chi connectivity index (χ4v) is 2.19. The van der Waals surface area contributed by atoms with Gasteiger partial charge in [0.25, 0.3) is 0 Å². The average molecular weight is 256 g/mol. The summed E-state index contributed by atoms with van der Waals surface area (Å²) in [5.74, 6) is 0. The summed E-state index contributed by atoms with van der Waals surface area (Å²) in [4.78, 5) is 0.306. The Bertz CT molecular complexity index is 438. The first-order valence-corrected chi connectivity index (χ1v) is 7.20. The number of rotatable bonds is 6. The van der Waals surface area contributed by atoms with Gasteiger partial charge in [0, 0.05) is 6.04 Å². The van der Waals surface area contributed by atoms with Gasteiger partial charge in [-0.2, -0.15) is 0 Å². The molecule has 0 unspecified atom stereocenters. The van der Waals surface area contributed by atoms with Crippen LogP contribution in [0.1, 0.15) is 19.4 Å². The Morgan fingerprint density at radius 2 is 1.76 bits per heavy atom. The summed E-state index contributed by atoms with van der Waals surface area (Å²) in [5, 5.41) is 3.32. The van der Waals surface area contributed by atoms with E-state index in [9.17, 15) is 8.42 Å². The Balaban J connectivity index is 2.63. The molecule has 5 heteroatoms. The quantitative estimate of drug-likeness (QED) is 0.802. The van der Waals surface area contributed by atoms with Crippen LogP contribution in [0.5, 0.6) is 0 Å². The van der Waals surface area contributed by atoms with E-state index in [4.69, 9.17) is 0 Å². The van der Waals surface area contributed by atoms with Gasteiger partial charge in [0.15, 0.2) is 0 Å². The van der Waals surface area contributed by atoms with Crippen LogP contribution in [0, 0.1) is 0 Å². The summed E-state index contributed by atoms with van der Waals surface area (Å²) in [5.41, 5.74) is 1.13. The first kappa shape index (κ1) is 14.2. The molecule has 0 aliphatic heterocycles. The number of hydrogen-bond acceptors (Lipinski definition) is 3. The molecule has 0 aliphatic carbocycles. The lowest BCUT2D eigenvalue weighted by molar-refractivity contribution is 0.587. The molecule has 0 atom stereocenters. The standard InChI is InChI=1S/C12H20N2O2S/c1-10(2)14-9-8-11-4-6-12(7-5-11)17(15,16)13-3/h4-7,10,13-14H,8-9H2,1-3H3. The van der Waals surface area contributed by atoms with Crippen molar-refractivity contribution < 1.29 is 8.42 Å². The highest BCUT2D eigenvalue weighted by molar-refractivity contribution is 7.89. The Labute approximate surface area is 103 Å². The summed E-state index contributed by atoms with van der Waals surface area (Å²) in [6.07, 6.45) is 0.901. The van der Waals surface area contributed by atoms with Gasteiger partial charge >= 0.3 is 0 Å². The van der Waals surface area contributed by atoms with Crippen LogP contribution in [0.25, 0.3) is 0 Å². The Hall–Kier alpha value is -0.910. The zero-order valence-electron chi connectivity index (χ0n) is 10.5. The Morgan fingerprint density at radius 1 is 1.18 bits per heavy atom. The van der Waals surface area contributed by atoms with Crippen LogP contribution >= 0.6 is 0 Å². The third-order valence-corrected chi connectivity index (χ3v) is 3.90. The minimum atomic E-state index is -3.31. The van der Waals surface area contributed by atoms with Crippen molar-refractivity contribution in [1.82, 2.24) is 10.0 Å². The van der Waals surface area contributed by atoms with Crippen molar-refractivity contribution in [2.45, 2.75) is 31.2 Å². The van der Waals surface area contributed by atoms with Crippen molar-refractivity contribution in [2.24, 2.45) is 0 Å². The molecule has 96 valence electrons. The maximum atomic E-state index is 11.5. The summed E-state index contributed by atoms with van der Waals surface area (Å²) < 4.78 is 25.3. The van der Waals surface area contributed by atoms with Gasteiger partial charge in [-0.15, -0.1) is 0 Å². The average Bonchev–Trinajstić information content (AvgIpc) is 2.29. The highest BCUT2D eigenvalue weighted by Crippen LogP contribution is 2.10. The van der Waals surface area contributed by atoms with Crippen LogP contribution in [0.2, 0.25) is 0 Å². The van der Waals surface area contributed by atoms with Crippen LogP contribution in [0.3, 0.4) is 0 Å². The number of benzene rings is 1. The van der Waals surface area contributed by atoms with Crippen LogP contribution in [-0.4, -0.2) is 28.1 Å². The fraction of sp³-hybridized carbons (Fsp3) is 0.500. The van der Waals surface area contributed by atoms with Crippen LogP contribution in [0.15, 0.2) is 29.2 Å². The molecule has 0 spiro atoms. The second-order valence-electron chi connectivity index (χ2n) is 4.21. The fourth-order valence-electron chi connectivity index (χ4n) is 1.46. The Kier molecular flexibility index (Phi) is 5.11. The van der Waals surface area contributed by atoms with E-state index in [1.807, 2.05) is 12.1 Å². The molecule has 17 heavy (non-hydrogen) atoms. The van der Waals surface area contributed by atoms with E-state index >= 15 is 0 Å². The smallest absolute Gasteiger partial charge is 0.240 e. The van der Waals surface area contributed by atoms with E-state index in [-0.39, 0.29) is 0 Å². The monoisotopic (exact) mass is 256 g/mol. The van der Waals surface area contributed by atoms with E-state index < -0.39 is 10.0 Å². The molecule has 1 aromatic carbocycles. The van der Waals surface area contributed by atoms with Gasteiger partial charge in [-0.05, 0) is 37.7 Å². The molecule has 0 fully saturated rings. The molecular formula is C12H20N2O2S. The van der Waals surface area contributed by atoms with E-state index in [0.29, 0.717) is 10.9 Å². The maximum absolute atomic E-state index is 11.5. The van der Waals surface area contributed by atoms with Gasteiger partial charge in [0.05, 0.1) is 4.90 Å². The normalized spacial score (nSPS) is 12.0. The molecule has 0 bridgehead atoms. The molecule has 1 rings (SSSR count). The van der Waals surface area contributed by atoms with Crippen LogP contribution in [-0.2, 0) is 16.4 Å². The second kappa shape index (κ2) is 6.14. The molecule has 1 aromatic rings. The molecular weight excluding hydrogens is 236 g/mol. The maximum Gasteiger partial charge on any atom is 0.240 e. The van der Waals surface area contributed by atoms with Crippen molar-refractivity contribution in [3.8, 4) is 0 Å². The molecule has 0 aromatic heterocycles. The first-order chi connectivity index (χ1) is 7.95. The van der Waals surface area contributed by atoms with Crippen molar-refractivity contribution in [1.29, 1.82) is 0 Å². The Morgan fingerprint density at radius 3 is 2.24 bits per heavy atom. The molecule has 2 N–H and O–H groups in total. The first-order valence-electron chi connectivity index (χ1n) is 5.71. The lowest BCUT2D eigenvalue weighted by Crippen LogP contribution is -2.25. The van der Waals surface area contributed by atoms with Gasteiger partial charge < -0.3 is 5.32 Å². The van der Waals surface area contributed by atoms with E-state index in [1.54, 1.807) is 12.1 Å². The van der Waals surface area contributed by atoms with Crippen LogP contribution < -0.4 is 10.0 Å². The van der Waals surface area contributed by atoms with Gasteiger partial charge in [0.1, 0.15) is 0 Å². The van der Waals surface area contributed by atoms with Crippen LogP contribution in [0.4, 0.5) is 0 Å². The summed E-state index contributed by atoms with van der Waals surface area (Å²) in [6.45, 7) is 5.10. The third kappa shape index (κ3) is 4.46. The highest BCUT2D eigenvalue weighted by Gasteiger charge is 2.09. The zero-order chi connectivity index (χ0) is 12.9. The molecule has 0 heterocycles. The van der Waals surface area contributed by atoms with E-state index in [2.05, 4.69) is 23.9 Å². The van der Waals surface area contributed by atoms with E-state index in [1.165, 1.54) is 7.05 Å². The topological polar surface area (TPSA) is 58.2 Å². The van der Waals surface area contributed by atoms with Gasteiger partial charge in [-0.1, -0.05) is 26.0 Å². The molecule has 4 nitrogen and oxygen atoms in total. The van der Waals surface area contributed by atoms with Gasteiger partial charge in [-0.3, -0.25) is 0 Å². The minimum Gasteiger partial charge on any atom is -0.314 e. The van der Waals surface area contributed by atoms with Crippen molar-refractivity contribution in [3.05, 3.63) is 29.8 Å². The summed E-state index contributed by atoms with van der Waals surface area (Å²) in [6, 6.07) is 7.45. The SMILES string of the molecule is CNS(=O)(=O)c1ccc(CCNC(C)C)cc1. The molecule has 0 amide bonds. The lowest BCUT2D eigenvalue weighted by atomic mass is 10.1. The molecule has 0 aliphatic rings. The van der Waals surface area contributed by atoms with Gasteiger partial charge in [-0.25, -0.2) is 13.1 Å². The van der Waals surface area contributed by atoms with Gasteiger partial charge in [0.2, 0.25) is 10.0 Å². The second-order valence-corrected chi connectivity index (χ2v) is 6.10. The van der Waals surface area contributed by atoms with Crippen molar-refractivity contribution >= 4 is 10.0 Å². The van der Waals surface area contributed by atoms with E-state index in [0.717, 1.165) is 18.5 Å². The largest absolute Gasteiger partial charge is 0.314 e. The molecule has 0 saturated heterocycles. The number of sulfonamides is 1. The predicted molar refractivity (Wildman–Crippen MR) is 69.5 cm³/mol. The predicted octanol–water partition coefficient (Wildman–Crippen LogP) is 1.14. The summed E-state index contributed by atoms with van der Waals surface area (Å²) >= 11 is 0.